The zero-order valence-corrected chi connectivity index (χ0v) is 21.8. The number of ether oxygens (including phenoxy) is 2. The molecule has 0 atom stereocenters. The number of nitrogens with zero attached hydrogens (tertiary/aromatic N) is 9. The van der Waals surface area contributed by atoms with E-state index in [1.807, 2.05) is 12.1 Å². The number of hydrogen-bond donors (Lipinski definition) is 1. The number of carbonyl (C=O) groups is 1. The molecule has 0 radical (unpaired) electrons. The van der Waals surface area contributed by atoms with Gasteiger partial charge in [0, 0.05) is 18.7 Å². The predicted octanol–water partition coefficient (Wildman–Crippen LogP) is 3.12. The van der Waals surface area contributed by atoms with Crippen LogP contribution in [0, 0.1) is 0 Å². The van der Waals surface area contributed by atoms with Gasteiger partial charge in [0.2, 0.25) is 11.8 Å². The van der Waals surface area contributed by atoms with Crippen LogP contribution in [0.5, 0.6) is 17.8 Å². The maximum Gasteiger partial charge on any atom is 0.330 e. The summed E-state index contributed by atoms with van der Waals surface area (Å²) >= 11 is 6.17. The van der Waals surface area contributed by atoms with Gasteiger partial charge in [-0.25, -0.2) is 5.43 Å². The van der Waals surface area contributed by atoms with Crippen molar-refractivity contribution in [3.8, 4) is 29.2 Å². The van der Waals surface area contributed by atoms with E-state index in [0.29, 0.717) is 33.7 Å². The van der Waals surface area contributed by atoms with Crippen molar-refractivity contribution in [1.29, 1.82) is 0 Å². The SMILES string of the molecule is COc1nc(Oc2cccc(/C=N/NC(=O)Cn3nnc(-c4ccccc4Cl)n3)c2)nc(N2CCCCC2)n1. The smallest absolute Gasteiger partial charge is 0.330 e. The first-order chi connectivity index (χ1) is 19.1. The van der Waals surface area contributed by atoms with E-state index in [4.69, 9.17) is 21.1 Å². The van der Waals surface area contributed by atoms with Crippen molar-refractivity contribution in [2.75, 3.05) is 25.1 Å². The van der Waals surface area contributed by atoms with Gasteiger partial charge in [-0.2, -0.15) is 19.9 Å². The molecule has 2 aromatic heterocycles. The first-order valence-corrected chi connectivity index (χ1v) is 12.6. The molecule has 1 amide bonds. The molecule has 14 heteroatoms. The van der Waals surface area contributed by atoms with Crippen LogP contribution in [0.3, 0.4) is 0 Å². The highest BCUT2D eigenvalue weighted by Gasteiger charge is 2.17. The van der Waals surface area contributed by atoms with E-state index in [-0.39, 0.29) is 18.6 Å². The van der Waals surface area contributed by atoms with E-state index in [2.05, 4.69) is 45.8 Å². The molecule has 39 heavy (non-hydrogen) atoms. The Balaban J connectivity index is 1.19. The molecule has 0 unspecified atom stereocenters. The summed E-state index contributed by atoms with van der Waals surface area (Å²) in [7, 11) is 1.50. The number of tetrazole rings is 1. The van der Waals surface area contributed by atoms with E-state index in [1.54, 1.807) is 36.4 Å². The summed E-state index contributed by atoms with van der Waals surface area (Å²) < 4.78 is 11.1. The number of amides is 1. The molecule has 0 spiro atoms. The largest absolute Gasteiger partial charge is 0.467 e. The molecule has 3 heterocycles. The predicted molar refractivity (Wildman–Crippen MR) is 143 cm³/mol. The Morgan fingerprint density at radius 3 is 2.72 bits per heavy atom. The number of hydrogen-bond acceptors (Lipinski definition) is 11. The highest BCUT2D eigenvalue weighted by atomic mass is 35.5. The molecule has 0 saturated carbocycles. The highest BCUT2D eigenvalue weighted by Crippen LogP contribution is 2.25. The van der Waals surface area contributed by atoms with Gasteiger partial charge in [0.25, 0.3) is 5.91 Å². The summed E-state index contributed by atoms with van der Waals surface area (Å²) in [5.74, 6) is 0.914. The number of halogens is 1. The molecule has 200 valence electrons. The first-order valence-electron chi connectivity index (χ1n) is 12.2. The molecule has 5 rings (SSSR count). The van der Waals surface area contributed by atoms with Crippen LogP contribution < -0.4 is 19.8 Å². The number of hydrazone groups is 1. The van der Waals surface area contributed by atoms with Gasteiger partial charge in [0.1, 0.15) is 12.3 Å². The lowest BCUT2D eigenvalue weighted by molar-refractivity contribution is -0.122. The van der Waals surface area contributed by atoms with Gasteiger partial charge >= 0.3 is 12.0 Å². The van der Waals surface area contributed by atoms with Crippen molar-refractivity contribution in [3.63, 3.8) is 0 Å². The van der Waals surface area contributed by atoms with Gasteiger partial charge in [-0.1, -0.05) is 35.9 Å². The Hall–Kier alpha value is -4.65. The fourth-order valence-electron chi connectivity index (χ4n) is 3.87. The summed E-state index contributed by atoms with van der Waals surface area (Å²) in [6.07, 6.45) is 4.85. The van der Waals surface area contributed by atoms with Crippen LogP contribution in [0.25, 0.3) is 11.4 Å². The van der Waals surface area contributed by atoms with Crippen LogP contribution in [0.15, 0.2) is 53.6 Å². The lowest BCUT2D eigenvalue weighted by atomic mass is 10.1. The van der Waals surface area contributed by atoms with Crippen LogP contribution in [-0.4, -0.2) is 67.5 Å². The molecule has 13 nitrogen and oxygen atoms in total. The molecule has 2 aromatic carbocycles. The molecular formula is C25H25ClN10O3. The number of nitrogens with one attached hydrogen (secondary N) is 1. The van der Waals surface area contributed by atoms with Crippen molar-refractivity contribution >= 4 is 29.7 Å². The Morgan fingerprint density at radius 1 is 1.08 bits per heavy atom. The van der Waals surface area contributed by atoms with Gasteiger partial charge in [0.15, 0.2) is 0 Å². The molecule has 1 aliphatic heterocycles. The molecule has 1 N–H and O–H groups in total. The van der Waals surface area contributed by atoms with Crippen LogP contribution >= 0.6 is 11.6 Å². The van der Waals surface area contributed by atoms with E-state index in [1.165, 1.54) is 24.5 Å². The zero-order chi connectivity index (χ0) is 27.0. The fraction of sp³-hybridized carbons (Fsp3) is 0.280. The average Bonchev–Trinajstić information content (AvgIpc) is 3.41. The van der Waals surface area contributed by atoms with Crippen molar-refractivity contribution in [1.82, 2.24) is 40.6 Å². The minimum atomic E-state index is -0.427. The lowest BCUT2D eigenvalue weighted by Crippen LogP contribution is -2.31. The maximum absolute atomic E-state index is 12.3. The van der Waals surface area contributed by atoms with Crippen LogP contribution in [0.1, 0.15) is 24.8 Å². The number of piperidine rings is 1. The summed E-state index contributed by atoms with van der Waals surface area (Å²) in [6.45, 7) is 1.58. The molecular weight excluding hydrogens is 524 g/mol. The topological polar surface area (TPSA) is 145 Å². The van der Waals surface area contributed by atoms with Crippen LogP contribution in [0.2, 0.25) is 5.02 Å². The van der Waals surface area contributed by atoms with Crippen LogP contribution in [0.4, 0.5) is 5.95 Å². The Bertz CT molecular complexity index is 1470. The molecule has 4 aromatic rings. The summed E-state index contributed by atoms with van der Waals surface area (Å²) in [6, 6.07) is 14.5. The van der Waals surface area contributed by atoms with Gasteiger partial charge in [0.05, 0.1) is 18.3 Å². The van der Waals surface area contributed by atoms with Crippen LogP contribution in [-0.2, 0) is 11.3 Å². The minimum absolute atomic E-state index is 0.126. The minimum Gasteiger partial charge on any atom is -0.467 e. The third kappa shape index (κ3) is 6.82. The monoisotopic (exact) mass is 548 g/mol. The Kier molecular flexibility index (Phi) is 8.17. The number of aromatic nitrogens is 7. The summed E-state index contributed by atoms with van der Waals surface area (Å²) in [5, 5.41) is 16.6. The number of carbonyl (C=O) groups excluding carboxylic acids is 1. The molecule has 0 aliphatic carbocycles. The zero-order valence-electron chi connectivity index (χ0n) is 21.1. The standard InChI is InChI=1S/C25H25ClN10O3/c1-38-24-28-23(35-12-5-2-6-13-35)29-25(30-24)39-18-9-7-8-17(14-18)15-27-31-21(37)16-36-33-22(32-34-36)19-10-3-4-11-20(19)26/h3-4,7-11,14-15H,2,5-6,12-13,16H2,1H3,(H,31,37)/b27-15+. The maximum atomic E-state index is 12.3. The van der Waals surface area contributed by atoms with Crippen molar-refractivity contribution in [2.45, 2.75) is 25.8 Å². The second kappa shape index (κ2) is 12.3. The lowest BCUT2D eigenvalue weighted by Gasteiger charge is -2.26. The third-order valence-corrected chi connectivity index (χ3v) is 6.06. The van der Waals surface area contributed by atoms with Crippen molar-refractivity contribution in [3.05, 3.63) is 59.1 Å². The number of anilines is 1. The summed E-state index contributed by atoms with van der Waals surface area (Å²) in [5.41, 5.74) is 3.76. The van der Waals surface area contributed by atoms with E-state index in [0.717, 1.165) is 25.9 Å². The molecule has 0 bridgehead atoms. The number of benzene rings is 2. The van der Waals surface area contributed by atoms with E-state index in [9.17, 15) is 4.79 Å². The van der Waals surface area contributed by atoms with Crippen molar-refractivity contribution in [2.24, 2.45) is 5.10 Å². The number of methoxy groups -OCH3 is 1. The van der Waals surface area contributed by atoms with Gasteiger partial charge in [-0.15, -0.1) is 15.2 Å². The fourth-order valence-corrected chi connectivity index (χ4v) is 4.09. The average molecular weight is 549 g/mol. The van der Waals surface area contributed by atoms with Gasteiger partial charge in [-0.3, -0.25) is 4.79 Å². The number of rotatable bonds is 9. The Labute approximate surface area is 228 Å². The highest BCUT2D eigenvalue weighted by molar-refractivity contribution is 6.33. The molecule has 1 aliphatic rings. The van der Waals surface area contributed by atoms with Gasteiger partial charge in [-0.05, 0) is 54.3 Å². The Morgan fingerprint density at radius 2 is 1.90 bits per heavy atom. The van der Waals surface area contributed by atoms with Gasteiger partial charge < -0.3 is 14.4 Å². The quantitative estimate of drug-likeness (QED) is 0.244. The second-order valence-corrected chi connectivity index (χ2v) is 8.95. The third-order valence-electron chi connectivity index (χ3n) is 5.73. The second-order valence-electron chi connectivity index (χ2n) is 8.54. The summed E-state index contributed by atoms with van der Waals surface area (Å²) in [4.78, 5) is 28.6. The first kappa shape index (κ1) is 26.0. The van der Waals surface area contributed by atoms with E-state index >= 15 is 0 Å². The normalized spacial score (nSPS) is 13.4. The van der Waals surface area contributed by atoms with E-state index < -0.39 is 5.91 Å². The van der Waals surface area contributed by atoms with Crippen molar-refractivity contribution < 1.29 is 14.3 Å². The molecule has 1 saturated heterocycles. The molecule has 1 fully saturated rings.